The number of aryl methyl sites for hydroxylation is 1. The monoisotopic (exact) mass is 318 g/mol. The molecule has 0 aliphatic rings. The number of amides is 1. The normalized spacial score (nSPS) is 10.6. The molecule has 1 aromatic carbocycles. The highest BCUT2D eigenvalue weighted by atomic mass is 35.5. The van der Waals surface area contributed by atoms with Gasteiger partial charge in [-0.2, -0.15) is 0 Å². The van der Waals surface area contributed by atoms with E-state index in [9.17, 15) is 4.79 Å². The van der Waals surface area contributed by atoms with Crippen LogP contribution in [0.4, 0.5) is 5.13 Å². The molecule has 0 radical (unpaired) electrons. The molecule has 0 unspecified atom stereocenters. The van der Waals surface area contributed by atoms with Crippen molar-refractivity contribution < 1.29 is 9.21 Å². The van der Waals surface area contributed by atoms with Crippen molar-refractivity contribution in [2.24, 2.45) is 0 Å². The second-order valence-corrected chi connectivity index (χ2v) is 5.67. The molecule has 21 heavy (non-hydrogen) atoms. The number of nitrogens with zero attached hydrogens (tertiary/aromatic N) is 1. The quantitative estimate of drug-likeness (QED) is 0.766. The number of thiazole rings is 1. The molecule has 6 heteroatoms. The van der Waals surface area contributed by atoms with Gasteiger partial charge in [0.05, 0.1) is 17.5 Å². The van der Waals surface area contributed by atoms with E-state index in [0.717, 1.165) is 11.3 Å². The second kappa shape index (κ2) is 5.71. The largest absolute Gasteiger partial charge is 0.452 e. The van der Waals surface area contributed by atoms with Gasteiger partial charge in [0.2, 0.25) is 5.22 Å². The number of furan rings is 1. The van der Waals surface area contributed by atoms with Crippen LogP contribution in [0.1, 0.15) is 15.9 Å². The van der Waals surface area contributed by atoms with Crippen molar-refractivity contribution in [3.8, 4) is 11.3 Å². The molecule has 2 aromatic heterocycles. The number of halogens is 1. The average Bonchev–Trinajstić information content (AvgIpc) is 3.09. The molecule has 0 atom stereocenters. The molecule has 0 bridgehead atoms. The number of benzene rings is 1. The van der Waals surface area contributed by atoms with Crippen molar-refractivity contribution in [3.63, 3.8) is 0 Å². The maximum absolute atomic E-state index is 12.0. The third kappa shape index (κ3) is 2.99. The Kier molecular flexibility index (Phi) is 3.77. The van der Waals surface area contributed by atoms with Gasteiger partial charge in [0, 0.05) is 10.9 Å². The molecular formula is C15H11ClN2O2S. The molecule has 1 N–H and O–H groups in total. The number of rotatable bonds is 3. The van der Waals surface area contributed by atoms with Crippen molar-refractivity contribution >= 4 is 34.0 Å². The van der Waals surface area contributed by atoms with E-state index in [0.29, 0.717) is 10.7 Å². The number of carbonyl (C=O) groups excluding carboxylic acids is 1. The average molecular weight is 319 g/mol. The lowest BCUT2D eigenvalue weighted by molar-refractivity contribution is 0.102. The lowest BCUT2D eigenvalue weighted by atomic mass is 10.1. The van der Waals surface area contributed by atoms with E-state index in [2.05, 4.69) is 10.3 Å². The zero-order chi connectivity index (χ0) is 14.8. The van der Waals surface area contributed by atoms with Gasteiger partial charge in [-0.1, -0.05) is 29.8 Å². The minimum absolute atomic E-state index is 0.0721. The molecule has 106 valence electrons. The van der Waals surface area contributed by atoms with E-state index in [1.54, 1.807) is 0 Å². The molecule has 0 saturated heterocycles. The molecule has 0 saturated carbocycles. The molecule has 2 heterocycles. The summed E-state index contributed by atoms with van der Waals surface area (Å²) in [5, 5.41) is 5.20. The first kappa shape index (κ1) is 13.9. The zero-order valence-electron chi connectivity index (χ0n) is 11.1. The van der Waals surface area contributed by atoms with Gasteiger partial charge >= 0.3 is 0 Å². The fourth-order valence-electron chi connectivity index (χ4n) is 1.81. The fraction of sp³-hybridized carbons (Fsp3) is 0.0667. The van der Waals surface area contributed by atoms with Crippen molar-refractivity contribution in [1.29, 1.82) is 0 Å². The lowest BCUT2D eigenvalue weighted by Crippen LogP contribution is -2.11. The van der Waals surface area contributed by atoms with Gasteiger partial charge in [-0.15, -0.1) is 11.3 Å². The Morgan fingerprint density at radius 3 is 2.71 bits per heavy atom. The molecule has 1 amide bonds. The molecule has 4 nitrogen and oxygen atoms in total. The first-order chi connectivity index (χ1) is 10.1. The Bertz CT molecular complexity index is 777. The summed E-state index contributed by atoms with van der Waals surface area (Å²) in [5.74, 6) is -0.335. The number of hydrogen-bond acceptors (Lipinski definition) is 4. The summed E-state index contributed by atoms with van der Waals surface area (Å²) in [5.41, 5.74) is 3.33. The van der Waals surface area contributed by atoms with Crippen molar-refractivity contribution in [3.05, 3.63) is 58.3 Å². The molecular weight excluding hydrogens is 308 g/mol. The highest BCUT2D eigenvalue weighted by molar-refractivity contribution is 7.14. The third-order valence-electron chi connectivity index (χ3n) is 2.93. The molecule has 0 aliphatic carbocycles. The van der Waals surface area contributed by atoms with Crippen LogP contribution in [0.5, 0.6) is 0 Å². The van der Waals surface area contributed by atoms with Gasteiger partial charge in [-0.3, -0.25) is 10.1 Å². The molecule has 0 aliphatic heterocycles. The number of carbonyl (C=O) groups is 1. The summed E-state index contributed by atoms with van der Waals surface area (Å²) in [4.78, 5) is 16.4. The van der Waals surface area contributed by atoms with Crippen LogP contribution in [0, 0.1) is 6.92 Å². The van der Waals surface area contributed by atoms with Gasteiger partial charge in [0.25, 0.3) is 5.91 Å². The lowest BCUT2D eigenvalue weighted by Gasteiger charge is -1.99. The van der Waals surface area contributed by atoms with Crippen LogP contribution in [0.25, 0.3) is 11.3 Å². The van der Waals surface area contributed by atoms with E-state index in [-0.39, 0.29) is 11.1 Å². The van der Waals surface area contributed by atoms with E-state index >= 15 is 0 Å². The van der Waals surface area contributed by atoms with Crippen LogP contribution in [0.3, 0.4) is 0 Å². The van der Waals surface area contributed by atoms with Gasteiger partial charge in [0.1, 0.15) is 0 Å². The van der Waals surface area contributed by atoms with Crippen LogP contribution in [0.15, 0.2) is 46.4 Å². The fourth-order valence-corrected chi connectivity index (χ4v) is 2.72. The minimum atomic E-state index is -0.335. The van der Waals surface area contributed by atoms with Crippen molar-refractivity contribution in [2.45, 2.75) is 6.92 Å². The van der Waals surface area contributed by atoms with E-state index in [1.807, 2.05) is 36.6 Å². The Morgan fingerprint density at radius 2 is 2.05 bits per heavy atom. The van der Waals surface area contributed by atoms with Gasteiger partial charge < -0.3 is 4.42 Å². The van der Waals surface area contributed by atoms with Crippen LogP contribution in [-0.2, 0) is 0 Å². The van der Waals surface area contributed by atoms with Crippen LogP contribution in [-0.4, -0.2) is 10.9 Å². The number of aromatic nitrogens is 1. The van der Waals surface area contributed by atoms with Crippen LogP contribution < -0.4 is 5.32 Å². The van der Waals surface area contributed by atoms with Crippen LogP contribution >= 0.6 is 22.9 Å². The molecule has 0 spiro atoms. The smallest absolute Gasteiger partial charge is 0.262 e. The highest BCUT2D eigenvalue weighted by Gasteiger charge is 2.15. The first-order valence-electron chi connectivity index (χ1n) is 6.20. The summed E-state index contributed by atoms with van der Waals surface area (Å²) in [6.45, 7) is 2.03. The van der Waals surface area contributed by atoms with Gasteiger partial charge in [-0.25, -0.2) is 4.98 Å². The molecule has 0 fully saturated rings. The van der Waals surface area contributed by atoms with Crippen molar-refractivity contribution in [1.82, 2.24) is 4.98 Å². The van der Waals surface area contributed by atoms with Gasteiger partial charge in [0.15, 0.2) is 5.13 Å². The maximum Gasteiger partial charge on any atom is 0.262 e. The molecule has 3 aromatic rings. The van der Waals surface area contributed by atoms with E-state index < -0.39 is 0 Å². The van der Waals surface area contributed by atoms with Crippen molar-refractivity contribution in [2.75, 3.05) is 5.32 Å². The summed E-state index contributed by atoms with van der Waals surface area (Å²) < 4.78 is 4.90. The second-order valence-electron chi connectivity index (χ2n) is 4.47. The topological polar surface area (TPSA) is 55.1 Å². The van der Waals surface area contributed by atoms with Crippen LogP contribution in [0.2, 0.25) is 5.22 Å². The minimum Gasteiger partial charge on any atom is -0.452 e. The number of hydrogen-bond donors (Lipinski definition) is 1. The number of anilines is 1. The summed E-state index contributed by atoms with van der Waals surface area (Å²) >= 11 is 7.14. The highest BCUT2D eigenvalue weighted by Crippen LogP contribution is 2.26. The summed E-state index contributed by atoms with van der Waals surface area (Å²) in [6, 6.07) is 9.58. The van der Waals surface area contributed by atoms with E-state index in [1.165, 1.54) is 29.2 Å². The van der Waals surface area contributed by atoms with E-state index in [4.69, 9.17) is 16.0 Å². The Balaban J connectivity index is 1.78. The first-order valence-corrected chi connectivity index (χ1v) is 7.46. The SMILES string of the molecule is Cc1ccc(-c2csc(NC(=O)c3ccoc3Cl)n2)cc1. The Labute approximate surface area is 130 Å². The third-order valence-corrected chi connectivity index (χ3v) is 3.98. The van der Waals surface area contributed by atoms with Gasteiger partial charge in [-0.05, 0) is 24.6 Å². The predicted octanol–water partition coefficient (Wildman–Crippen LogP) is 4.62. The summed E-state index contributed by atoms with van der Waals surface area (Å²) in [6.07, 6.45) is 1.37. The number of nitrogens with one attached hydrogen (secondary N) is 1. The standard InChI is InChI=1S/C15H11ClN2O2S/c1-9-2-4-10(5-3-9)12-8-21-15(17-12)18-14(19)11-6-7-20-13(11)16/h2-8H,1H3,(H,17,18,19). The molecule has 3 rings (SSSR count). The Hall–Kier alpha value is -2.11. The maximum atomic E-state index is 12.0. The zero-order valence-corrected chi connectivity index (χ0v) is 12.7. The predicted molar refractivity (Wildman–Crippen MR) is 84.0 cm³/mol. The summed E-state index contributed by atoms with van der Waals surface area (Å²) in [7, 11) is 0. The Morgan fingerprint density at radius 1 is 1.29 bits per heavy atom.